The summed E-state index contributed by atoms with van der Waals surface area (Å²) in [6.45, 7) is 15.0. The van der Waals surface area contributed by atoms with Gasteiger partial charge in [-0.05, 0) is 97.7 Å². The summed E-state index contributed by atoms with van der Waals surface area (Å²) in [4.78, 5) is 13.0. The standard InChI is InChI=1S/C68H126O2/c1-7-8-9-10-11-12-13-14-15-16-17-18-19-20-21-22-23-24-25-26-27-28-29-30-31-32-33-34-35-36-37-38-39-40-41-42-43-44-48-66(69)70-61-53-55-67(5)60(57-61)49-50-62-64-52-51-63(59(4)47-45-46-58(2)3)68(64,6)56-54-65(62)67/h49,58-59,61-65H,7-48,50-57H2,1-6H3. The lowest BCUT2D eigenvalue weighted by Crippen LogP contribution is -2.51. The molecular weight excluding hydrogens is 849 g/mol. The van der Waals surface area contributed by atoms with Gasteiger partial charge in [0.2, 0.25) is 0 Å². The molecule has 4 aliphatic carbocycles. The third-order valence-electron chi connectivity index (χ3n) is 20.3. The molecule has 3 saturated carbocycles. The molecule has 410 valence electrons. The lowest BCUT2D eigenvalue weighted by molar-refractivity contribution is -0.151. The summed E-state index contributed by atoms with van der Waals surface area (Å²) in [7, 11) is 0. The molecule has 0 aromatic heterocycles. The summed E-state index contributed by atoms with van der Waals surface area (Å²) in [6, 6.07) is 0. The summed E-state index contributed by atoms with van der Waals surface area (Å²) < 4.78 is 6.19. The van der Waals surface area contributed by atoms with E-state index in [1.54, 1.807) is 5.57 Å². The molecule has 0 aromatic carbocycles. The number of unbranched alkanes of at least 4 members (excludes halogenated alkanes) is 37. The molecule has 70 heavy (non-hydrogen) atoms. The normalized spacial score (nSPS) is 25.7. The van der Waals surface area contributed by atoms with E-state index in [2.05, 4.69) is 47.6 Å². The molecule has 0 amide bonds. The first-order valence-electron chi connectivity index (χ1n) is 33.1. The van der Waals surface area contributed by atoms with Crippen LogP contribution in [0.2, 0.25) is 0 Å². The molecule has 0 heterocycles. The van der Waals surface area contributed by atoms with E-state index >= 15 is 0 Å². The second-order valence-electron chi connectivity index (χ2n) is 26.5. The Kier molecular flexibility index (Phi) is 33.4. The Morgan fingerprint density at radius 2 is 0.914 bits per heavy atom. The average molecular weight is 976 g/mol. The minimum Gasteiger partial charge on any atom is -0.462 e. The summed E-state index contributed by atoms with van der Waals surface area (Å²) in [5, 5.41) is 0. The van der Waals surface area contributed by atoms with E-state index in [-0.39, 0.29) is 12.1 Å². The fourth-order valence-corrected chi connectivity index (χ4v) is 15.7. The van der Waals surface area contributed by atoms with Crippen molar-refractivity contribution in [2.45, 2.75) is 369 Å². The van der Waals surface area contributed by atoms with Crippen molar-refractivity contribution in [1.29, 1.82) is 0 Å². The maximum absolute atomic E-state index is 13.0. The van der Waals surface area contributed by atoms with Gasteiger partial charge < -0.3 is 4.74 Å². The summed E-state index contributed by atoms with van der Waals surface area (Å²) >= 11 is 0. The van der Waals surface area contributed by atoms with E-state index in [1.165, 1.54) is 295 Å². The van der Waals surface area contributed by atoms with Crippen molar-refractivity contribution < 1.29 is 9.53 Å². The van der Waals surface area contributed by atoms with Crippen LogP contribution in [0.15, 0.2) is 11.6 Å². The van der Waals surface area contributed by atoms with E-state index in [4.69, 9.17) is 4.74 Å². The van der Waals surface area contributed by atoms with Crippen molar-refractivity contribution in [3.63, 3.8) is 0 Å². The molecule has 4 aliphatic rings. The third kappa shape index (κ3) is 23.8. The second-order valence-corrected chi connectivity index (χ2v) is 26.5. The number of allylic oxidation sites excluding steroid dienone is 1. The van der Waals surface area contributed by atoms with Gasteiger partial charge in [-0.2, -0.15) is 0 Å². The molecule has 0 N–H and O–H groups in total. The van der Waals surface area contributed by atoms with Gasteiger partial charge in [-0.3, -0.25) is 4.79 Å². The van der Waals surface area contributed by atoms with Crippen molar-refractivity contribution >= 4 is 5.97 Å². The van der Waals surface area contributed by atoms with Crippen LogP contribution in [-0.2, 0) is 9.53 Å². The number of hydrogen-bond donors (Lipinski definition) is 0. The molecule has 0 saturated heterocycles. The molecule has 8 atom stereocenters. The van der Waals surface area contributed by atoms with Gasteiger partial charge in [-0.15, -0.1) is 0 Å². The lowest BCUT2D eigenvalue weighted by Gasteiger charge is -2.58. The number of ether oxygens (including phenoxy) is 1. The Hall–Kier alpha value is -0.790. The lowest BCUT2D eigenvalue weighted by atomic mass is 9.47. The van der Waals surface area contributed by atoms with Gasteiger partial charge in [0.15, 0.2) is 0 Å². The van der Waals surface area contributed by atoms with Crippen molar-refractivity contribution in [2.24, 2.45) is 46.3 Å². The van der Waals surface area contributed by atoms with Gasteiger partial charge in [0.05, 0.1) is 0 Å². The van der Waals surface area contributed by atoms with Crippen LogP contribution in [0.5, 0.6) is 0 Å². The number of fused-ring (bicyclic) bond motifs is 5. The second kappa shape index (κ2) is 37.9. The molecule has 0 radical (unpaired) electrons. The number of carbonyl (C=O) groups is 1. The number of rotatable bonds is 45. The summed E-state index contributed by atoms with van der Waals surface area (Å²) in [5.74, 6) is 5.34. The number of hydrogen-bond acceptors (Lipinski definition) is 2. The van der Waals surface area contributed by atoms with Crippen molar-refractivity contribution in [1.82, 2.24) is 0 Å². The van der Waals surface area contributed by atoms with E-state index < -0.39 is 0 Å². The van der Waals surface area contributed by atoms with E-state index in [9.17, 15) is 4.79 Å². The highest BCUT2D eigenvalue weighted by molar-refractivity contribution is 5.69. The quantitative estimate of drug-likeness (QED) is 0.0345. The van der Waals surface area contributed by atoms with Crippen LogP contribution in [-0.4, -0.2) is 12.1 Å². The zero-order chi connectivity index (χ0) is 50.0. The van der Waals surface area contributed by atoms with Crippen LogP contribution < -0.4 is 0 Å². The zero-order valence-electron chi connectivity index (χ0n) is 48.8. The smallest absolute Gasteiger partial charge is 0.306 e. The van der Waals surface area contributed by atoms with E-state index in [1.807, 2.05) is 0 Å². The van der Waals surface area contributed by atoms with Crippen molar-refractivity contribution in [3.8, 4) is 0 Å². The van der Waals surface area contributed by atoms with Gasteiger partial charge in [0, 0.05) is 12.8 Å². The minimum atomic E-state index is 0.0715. The van der Waals surface area contributed by atoms with E-state index in [0.29, 0.717) is 17.3 Å². The monoisotopic (exact) mass is 975 g/mol. The highest BCUT2D eigenvalue weighted by Gasteiger charge is 2.59. The van der Waals surface area contributed by atoms with Crippen LogP contribution in [0.4, 0.5) is 0 Å². The van der Waals surface area contributed by atoms with Gasteiger partial charge >= 0.3 is 5.97 Å². The van der Waals surface area contributed by atoms with Crippen molar-refractivity contribution in [2.75, 3.05) is 0 Å². The first-order valence-corrected chi connectivity index (χ1v) is 33.1. The highest BCUT2D eigenvalue weighted by Crippen LogP contribution is 2.67. The number of esters is 1. The molecule has 8 unspecified atom stereocenters. The third-order valence-corrected chi connectivity index (χ3v) is 20.3. The Morgan fingerprint density at radius 3 is 1.33 bits per heavy atom. The Morgan fingerprint density at radius 1 is 0.500 bits per heavy atom. The van der Waals surface area contributed by atoms with Crippen LogP contribution in [0.3, 0.4) is 0 Å². The van der Waals surface area contributed by atoms with Crippen LogP contribution in [0.1, 0.15) is 363 Å². The van der Waals surface area contributed by atoms with Crippen LogP contribution in [0, 0.1) is 46.3 Å². The summed E-state index contributed by atoms with van der Waals surface area (Å²) in [6.07, 6.45) is 72.6. The van der Waals surface area contributed by atoms with Crippen LogP contribution >= 0.6 is 0 Å². The molecule has 4 rings (SSSR count). The van der Waals surface area contributed by atoms with E-state index in [0.717, 1.165) is 54.8 Å². The first-order chi connectivity index (χ1) is 34.2. The fourth-order valence-electron chi connectivity index (χ4n) is 15.7. The maximum Gasteiger partial charge on any atom is 0.306 e. The van der Waals surface area contributed by atoms with Gasteiger partial charge in [-0.1, -0.05) is 310 Å². The molecule has 2 nitrogen and oxygen atoms in total. The largest absolute Gasteiger partial charge is 0.462 e. The molecule has 3 fully saturated rings. The fraction of sp³-hybridized carbons (Fsp3) is 0.956. The SMILES string of the molecule is CCCCCCCCCCCCCCCCCCCCCCCCCCCCCCCCCCCCCCCCC(=O)OC1CCC2(C)C(=CCC3C2CCC2(C)C(C(C)CCCC(C)C)CCC32)C1. The topological polar surface area (TPSA) is 26.3 Å². The average Bonchev–Trinajstić information content (AvgIpc) is 3.71. The highest BCUT2D eigenvalue weighted by atomic mass is 16.5. The first kappa shape index (κ1) is 61.8. The Balaban J connectivity index is 0.844. The Labute approximate surface area is 440 Å². The summed E-state index contributed by atoms with van der Waals surface area (Å²) in [5.41, 5.74) is 2.54. The molecular formula is C68H126O2. The predicted molar refractivity (Wildman–Crippen MR) is 309 cm³/mol. The minimum absolute atomic E-state index is 0.0715. The Bertz CT molecular complexity index is 1300. The molecule has 0 spiro atoms. The predicted octanol–water partition coefficient (Wildman–Crippen LogP) is 23.2. The van der Waals surface area contributed by atoms with Gasteiger partial charge in [0.25, 0.3) is 0 Å². The zero-order valence-corrected chi connectivity index (χ0v) is 48.8. The molecule has 2 heteroatoms. The molecule has 0 aromatic rings. The molecule has 0 bridgehead atoms. The maximum atomic E-state index is 13.0. The molecule has 0 aliphatic heterocycles. The number of carbonyl (C=O) groups excluding carboxylic acids is 1. The van der Waals surface area contributed by atoms with Crippen molar-refractivity contribution in [3.05, 3.63) is 11.6 Å². The van der Waals surface area contributed by atoms with Gasteiger partial charge in [-0.25, -0.2) is 0 Å². The van der Waals surface area contributed by atoms with Gasteiger partial charge in [0.1, 0.15) is 6.10 Å². The van der Waals surface area contributed by atoms with Crippen LogP contribution in [0.25, 0.3) is 0 Å².